The maximum Gasteiger partial charge on any atom is 0.502 e. The van der Waals surface area contributed by atoms with E-state index in [2.05, 4.69) is 0 Å². The molecule has 0 N–H and O–H groups in total. The lowest BCUT2D eigenvalue weighted by atomic mass is 10.1. The number of carbonyl (C=O) groups is 2. The van der Waals surface area contributed by atoms with E-state index in [1.165, 1.54) is 66.9 Å². The quantitative estimate of drug-likeness (QED) is 0.516. The minimum absolute atomic E-state index is 0.0565. The predicted octanol–water partition coefficient (Wildman–Crippen LogP) is 3.55. The SMILES string of the molecule is COc1cc(OC)c(C(=O)[P+](=O)C(=O)c2c(OC)cc(OC)cc2OC)c(OC)c1. The summed E-state index contributed by atoms with van der Waals surface area (Å²) in [7, 11) is 5.08. The van der Waals surface area contributed by atoms with Crippen LogP contribution in [0.1, 0.15) is 20.7 Å². The van der Waals surface area contributed by atoms with Gasteiger partial charge in [0.15, 0.2) is 11.1 Å². The number of rotatable bonds is 10. The minimum atomic E-state index is -3.10. The second-order valence-electron chi connectivity index (χ2n) is 5.72. The summed E-state index contributed by atoms with van der Waals surface area (Å²) in [6, 6.07) is 5.71. The lowest BCUT2D eigenvalue weighted by molar-refractivity contribution is 0.104. The van der Waals surface area contributed by atoms with E-state index in [0.29, 0.717) is 11.5 Å². The summed E-state index contributed by atoms with van der Waals surface area (Å²) in [6.07, 6.45) is 0. The van der Waals surface area contributed by atoms with Crippen molar-refractivity contribution in [1.29, 1.82) is 0 Å². The first-order valence-corrected chi connectivity index (χ1v) is 9.78. The molecule has 0 aliphatic rings. The Morgan fingerprint density at radius 2 is 0.833 bits per heavy atom. The molecule has 0 aliphatic heterocycles. The highest BCUT2D eigenvalue weighted by Crippen LogP contribution is 2.45. The van der Waals surface area contributed by atoms with E-state index in [-0.39, 0.29) is 34.1 Å². The van der Waals surface area contributed by atoms with Gasteiger partial charge in [-0.15, -0.1) is 0 Å². The van der Waals surface area contributed by atoms with Gasteiger partial charge < -0.3 is 28.4 Å². The molecule has 0 aliphatic carbocycles. The molecule has 0 fully saturated rings. The highest BCUT2D eigenvalue weighted by atomic mass is 31.1. The zero-order chi connectivity index (χ0) is 22.4. The summed E-state index contributed by atoms with van der Waals surface area (Å²) in [5.41, 5.74) is -2.21. The number of methoxy groups -OCH3 is 6. The van der Waals surface area contributed by atoms with Gasteiger partial charge in [0.1, 0.15) is 34.5 Å². The minimum Gasteiger partial charge on any atom is -0.496 e. The van der Waals surface area contributed by atoms with Crippen molar-refractivity contribution in [3.05, 3.63) is 35.4 Å². The first-order chi connectivity index (χ1) is 14.4. The van der Waals surface area contributed by atoms with Crippen LogP contribution in [0.4, 0.5) is 0 Å². The van der Waals surface area contributed by atoms with Crippen LogP contribution in [0.15, 0.2) is 24.3 Å². The third-order valence-electron chi connectivity index (χ3n) is 4.23. The predicted molar refractivity (Wildman–Crippen MR) is 108 cm³/mol. The fraction of sp³-hybridized carbons (Fsp3) is 0.300. The molecule has 0 heterocycles. The lowest BCUT2D eigenvalue weighted by Gasteiger charge is -2.12. The molecule has 0 spiro atoms. The van der Waals surface area contributed by atoms with Crippen LogP contribution in [-0.4, -0.2) is 53.7 Å². The van der Waals surface area contributed by atoms with Gasteiger partial charge in [-0.25, -0.2) is 9.59 Å². The number of ether oxygens (including phenoxy) is 6. The van der Waals surface area contributed by atoms with Gasteiger partial charge in [-0.3, -0.25) is 0 Å². The second kappa shape index (κ2) is 9.93. The third kappa shape index (κ3) is 4.31. The Labute approximate surface area is 174 Å². The van der Waals surface area contributed by atoms with Gasteiger partial charge in [0, 0.05) is 24.3 Å². The zero-order valence-corrected chi connectivity index (χ0v) is 18.3. The van der Waals surface area contributed by atoms with Crippen molar-refractivity contribution in [2.45, 2.75) is 0 Å². The fourth-order valence-electron chi connectivity index (χ4n) is 2.73. The lowest BCUT2D eigenvalue weighted by Crippen LogP contribution is -2.08. The van der Waals surface area contributed by atoms with Crippen molar-refractivity contribution >= 4 is 18.8 Å². The topological polar surface area (TPSA) is 107 Å². The van der Waals surface area contributed by atoms with Crippen LogP contribution in [0.3, 0.4) is 0 Å². The summed E-state index contributed by atoms with van der Waals surface area (Å²) in [5, 5.41) is 0. The monoisotopic (exact) mass is 437 g/mol. The third-order valence-corrected chi connectivity index (χ3v) is 5.41. The van der Waals surface area contributed by atoms with Crippen molar-refractivity contribution < 1.29 is 42.6 Å². The van der Waals surface area contributed by atoms with E-state index in [9.17, 15) is 14.2 Å². The van der Waals surface area contributed by atoms with Gasteiger partial charge in [-0.1, -0.05) is 4.57 Å². The van der Waals surface area contributed by atoms with Crippen LogP contribution in [0.5, 0.6) is 34.5 Å². The van der Waals surface area contributed by atoms with Gasteiger partial charge in [0.2, 0.25) is 0 Å². The van der Waals surface area contributed by atoms with Gasteiger partial charge in [0.05, 0.1) is 42.7 Å². The van der Waals surface area contributed by atoms with Crippen molar-refractivity contribution in [3.63, 3.8) is 0 Å². The molecule has 160 valence electrons. The number of benzene rings is 2. The van der Waals surface area contributed by atoms with Crippen molar-refractivity contribution in [1.82, 2.24) is 0 Å². The van der Waals surface area contributed by atoms with Crippen molar-refractivity contribution in [2.75, 3.05) is 42.7 Å². The summed E-state index contributed by atoms with van der Waals surface area (Å²) in [6.45, 7) is 0. The maximum atomic E-state index is 13.0. The Balaban J connectivity index is 2.57. The van der Waals surface area contributed by atoms with E-state index in [0.717, 1.165) is 0 Å². The molecule has 2 aromatic rings. The first kappa shape index (κ1) is 23.0. The van der Waals surface area contributed by atoms with E-state index in [1.807, 2.05) is 0 Å². The van der Waals surface area contributed by atoms with E-state index < -0.39 is 18.8 Å². The highest BCUT2D eigenvalue weighted by molar-refractivity contribution is 7.80. The molecule has 0 amide bonds. The van der Waals surface area contributed by atoms with Gasteiger partial charge in [-0.05, 0) is 0 Å². The molecule has 30 heavy (non-hydrogen) atoms. The smallest absolute Gasteiger partial charge is 0.496 e. The Bertz CT molecular complexity index is 857. The molecule has 0 aromatic heterocycles. The van der Waals surface area contributed by atoms with Crippen LogP contribution in [0.2, 0.25) is 0 Å². The molecule has 10 heteroatoms. The summed E-state index contributed by atoms with van der Waals surface area (Å²) < 4.78 is 44.1. The largest absolute Gasteiger partial charge is 0.502 e. The highest BCUT2D eigenvalue weighted by Gasteiger charge is 2.46. The standard InChI is InChI=1S/C20H22O9P/c1-24-11-7-13(26-3)17(14(8-11)27-4)19(21)30(23)20(22)18-15(28-5)9-12(25-2)10-16(18)29-6/h7-10H,1-6H3/q+1. The summed E-state index contributed by atoms with van der Waals surface area (Å²) in [5.74, 6) is 0.949. The molecular weight excluding hydrogens is 415 g/mol. The molecule has 0 saturated heterocycles. The molecule has 2 rings (SSSR count). The number of carbonyl (C=O) groups excluding carboxylic acids is 2. The molecule has 9 nitrogen and oxygen atoms in total. The summed E-state index contributed by atoms with van der Waals surface area (Å²) >= 11 is 0. The Morgan fingerprint density at radius 3 is 1.03 bits per heavy atom. The van der Waals surface area contributed by atoms with Crippen LogP contribution >= 0.6 is 7.80 Å². The Hall–Kier alpha value is -3.32. The molecular formula is C20H22O9P+. The van der Waals surface area contributed by atoms with Gasteiger partial charge >= 0.3 is 18.8 Å². The van der Waals surface area contributed by atoms with E-state index >= 15 is 0 Å². The van der Waals surface area contributed by atoms with Crippen molar-refractivity contribution in [2.24, 2.45) is 0 Å². The average molecular weight is 437 g/mol. The fourth-order valence-corrected chi connectivity index (χ4v) is 3.76. The van der Waals surface area contributed by atoms with Crippen LogP contribution in [0, 0.1) is 0 Å². The molecule has 2 aromatic carbocycles. The van der Waals surface area contributed by atoms with Crippen LogP contribution < -0.4 is 28.4 Å². The molecule has 0 saturated carbocycles. The van der Waals surface area contributed by atoms with Crippen LogP contribution in [-0.2, 0) is 4.57 Å². The first-order valence-electron chi connectivity index (χ1n) is 8.52. The molecule has 0 unspecified atom stereocenters. The molecule has 0 bridgehead atoms. The van der Waals surface area contributed by atoms with Crippen LogP contribution in [0.25, 0.3) is 0 Å². The van der Waals surface area contributed by atoms with Gasteiger partial charge in [-0.2, -0.15) is 0 Å². The molecule has 0 atom stereocenters. The Morgan fingerprint density at radius 1 is 0.567 bits per heavy atom. The van der Waals surface area contributed by atoms with Gasteiger partial charge in [0.25, 0.3) is 0 Å². The average Bonchev–Trinajstić information content (AvgIpc) is 2.80. The summed E-state index contributed by atoms with van der Waals surface area (Å²) in [4.78, 5) is 26.1. The number of hydrogen-bond donors (Lipinski definition) is 0. The number of hydrogen-bond acceptors (Lipinski definition) is 9. The maximum absolute atomic E-state index is 13.0. The second-order valence-corrected chi connectivity index (χ2v) is 7.12. The normalized spacial score (nSPS) is 10.1. The van der Waals surface area contributed by atoms with E-state index in [1.54, 1.807) is 0 Å². The molecule has 0 radical (unpaired) electrons. The zero-order valence-electron chi connectivity index (χ0n) is 17.4. The van der Waals surface area contributed by atoms with E-state index in [4.69, 9.17) is 28.4 Å². The Kier molecular flexibility index (Phi) is 7.60. The van der Waals surface area contributed by atoms with Crippen molar-refractivity contribution in [3.8, 4) is 34.5 Å².